The molecule has 5 heteroatoms. The lowest BCUT2D eigenvalue weighted by molar-refractivity contribution is 0.0935. The molecule has 1 heterocycles. The lowest BCUT2D eigenvalue weighted by Gasteiger charge is -2.16. The third-order valence-corrected chi connectivity index (χ3v) is 4.20. The Morgan fingerprint density at radius 1 is 1.38 bits per heavy atom. The maximum absolute atomic E-state index is 12.4. The Labute approximate surface area is 129 Å². The number of aromatic nitrogens is 1. The molecule has 0 saturated carbocycles. The third kappa shape index (κ3) is 3.82. The Morgan fingerprint density at radius 2 is 2.19 bits per heavy atom. The van der Waals surface area contributed by atoms with Gasteiger partial charge < -0.3 is 10.6 Å². The SMILES string of the molecule is CCNc1ccc(C(=O)NC(CC)c2nccs2)c(C)c1. The van der Waals surface area contributed by atoms with Gasteiger partial charge in [-0.2, -0.15) is 0 Å². The van der Waals surface area contributed by atoms with Gasteiger partial charge in [-0.1, -0.05) is 6.92 Å². The fourth-order valence-electron chi connectivity index (χ4n) is 2.21. The summed E-state index contributed by atoms with van der Waals surface area (Å²) in [6.07, 6.45) is 2.60. The van der Waals surface area contributed by atoms with Crippen molar-refractivity contribution in [3.63, 3.8) is 0 Å². The first-order valence-electron chi connectivity index (χ1n) is 7.20. The Kier molecular flexibility index (Phi) is 5.33. The number of anilines is 1. The molecule has 2 N–H and O–H groups in total. The van der Waals surface area contributed by atoms with Gasteiger partial charge in [0.2, 0.25) is 0 Å². The van der Waals surface area contributed by atoms with Gasteiger partial charge in [-0.05, 0) is 44.0 Å². The molecule has 112 valence electrons. The average Bonchev–Trinajstić information content (AvgIpc) is 2.99. The van der Waals surface area contributed by atoms with E-state index < -0.39 is 0 Å². The highest BCUT2D eigenvalue weighted by atomic mass is 32.1. The minimum Gasteiger partial charge on any atom is -0.385 e. The van der Waals surface area contributed by atoms with Crippen LogP contribution in [0.5, 0.6) is 0 Å². The molecule has 0 spiro atoms. The van der Waals surface area contributed by atoms with Gasteiger partial charge in [-0.25, -0.2) is 4.98 Å². The van der Waals surface area contributed by atoms with E-state index in [-0.39, 0.29) is 11.9 Å². The van der Waals surface area contributed by atoms with E-state index in [0.29, 0.717) is 5.56 Å². The number of carbonyl (C=O) groups is 1. The molecule has 21 heavy (non-hydrogen) atoms. The highest BCUT2D eigenvalue weighted by molar-refractivity contribution is 7.09. The Morgan fingerprint density at radius 3 is 2.76 bits per heavy atom. The minimum atomic E-state index is -0.0439. The second-order valence-electron chi connectivity index (χ2n) is 4.86. The quantitative estimate of drug-likeness (QED) is 0.854. The van der Waals surface area contributed by atoms with Gasteiger partial charge >= 0.3 is 0 Å². The zero-order valence-corrected chi connectivity index (χ0v) is 13.5. The fraction of sp³-hybridized carbons (Fsp3) is 0.375. The molecular weight excluding hydrogens is 282 g/mol. The normalized spacial score (nSPS) is 12.0. The first-order chi connectivity index (χ1) is 10.2. The summed E-state index contributed by atoms with van der Waals surface area (Å²) in [5.41, 5.74) is 2.73. The van der Waals surface area contributed by atoms with E-state index in [2.05, 4.69) is 22.5 Å². The predicted octanol–water partition coefficient (Wildman–Crippen LogP) is 3.76. The summed E-state index contributed by atoms with van der Waals surface area (Å²) in [5, 5.41) is 9.20. The number of amides is 1. The van der Waals surface area contributed by atoms with Gasteiger partial charge in [0, 0.05) is 29.4 Å². The zero-order chi connectivity index (χ0) is 15.2. The van der Waals surface area contributed by atoms with Crippen LogP contribution < -0.4 is 10.6 Å². The van der Waals surface area contributed by atoms with Crippen LogP contribution in [0.1, 0.15) is 47.2 Å². The van der Waals surface area contributed by atoms with Crippen LogP contribution in [0.2, 0.25) is 0 Å². The van der Waals surface area contributed by atoms with Crippen LogP contribution in [0.3, 0.4) is 0 Å². The number of hydrogen-bond donors (Lipinski definition) is 2. The fourth-order valence-corrected chi connectivity index (χ4v) is 2.99. The van der Waals surface area contributed by atoms with Crippen molar-refractivity contribution in [2.75, 3.05) is 11.9 Å². The number of carbonyl (C=O) groups excluding carboxylic acids is 1. The van der Waals surface area contributed by atoms with E-state index in [0.717, 1.165) is 29.2 Å². The molecule has 1 amide bonds. The summed E-state index contributed by atoms with van der Waals surface area (Å²) in [6, 6.07) is 5.79. The molecule has 0 aliphatic carbocycles. The molecule has 0 fully saturated rings. The lowest BCUT2D eigenvalue weighted by Crippen LogP contribution is -2.28. The molecule has 2 aromatic rings. The molecular formula is C16H21N3OS. The van der Waals surface area contributed by atoms with E-state index in [1.807, 2.05) is 37.4 Å². The van der Waals surface area contributed by atoms with E-state index >= 15 is 0 Å². The van der Waals surface area contributed by atoms with Gasteiger partial charge in [0.1, 0.15) is 5.01 Å². The van der Waals surface area contributed by atoms with Gasteiger partial charge in [-0.3, -0.25) is 4.79 Å². The highest BCUT2D eigenvalue weighted by Crippen LogP contribution is 2.21. The number of hydrogen-bond acceptors (Lipinski definition) is 4. The second kappa shape index (κ2) is 7.22. The van der Waals surface area contributed by atoms with Crippen molar-refractivity contribution in [3.05, 3.63) is 45.9 Å². The largest absolute Gasteiger partial charge is 0.385 e. The van der Waals surface area contributed by atoms with Gasteiger partial charge in [-0.15, -0.1) is 11.3 Å². The Bertz CT molecular complexity index is 596. The lowest BCUT2D eigenvalue weighted by atomic mass is 10.1. The van der Waals surface area contributed by atoms with Crippen molar-refractivity contribution in [1.29, 1.82) is 0 Å². The van der Waals surface area contributed by atoms with E-state index in [1.165, 1.54) is 0 Å². The molecule has 4 nitrogen and oxygen atoms in total. The summed E-state index contributed by atoms with van der Waals surface area (Å²) in [5.74, 6) is -0.0439. The van der Waals surface area contributed by atoms with Crippen molar-refractivity contribution >= 4 is 22.9 Å². The summed E-state index contributed by atoms with van der Waals surface area (Å²) >= 11 is 1.57. The molecule has 0 aliphatic rings. The number of nitrogens with zero attached hydrogens (tertiary/aromatic N) is 1. The van der Waals surface area contributed by atoms with Crippen LogP contribution >= 0.6 is 11.3 Å². The minimum absolute atomic E-state index is 0.0228. The molecule has 0 aliphatic heterocycles. The molecule has 2 rings (SSSR count). The maximum Gasteiger partial charge on any atom is 0.252 e. The summed E-state index contributed by atoms with van der Waals surface area (Å²) in [4.78, 5) is 16.7. The zero-order valence-electron chi connectivity index (χ0n) is 12.6. The first kappa shape index (κ1) is 15.5. The van der Waals surface area contributed by atoms with Gasteiger partial charge in [0.05, 0.1) is 6.04 Å². The molecule has 0 radical (unpaired) electrons. The van der Waals surface area contributed by atoms with E-state index in [9.17, 15) is 4.79 Å². The molecule has 1 aromatic heterocycles. The summed E-state index contributed by atoms with van der Waals surface area (Å²) in [6.45, 7) is 6.93. The van der Waals surface area contributed by atoms with Crippen LogP contribution in [0.4, 0.5) is 5.69 Å². The maximum atomic E-state index is 12.4. The predicted molar refractivity (Wildman–Crippen MR) is 88.0 cm³/mol. The number of nitrogens with one attached hydrogen (secondary N) is 2. The van der Waals surface area contributed by atoms with Gasteiger partial charge in [0.15, 0.2) is 0 Å². The van der Waals surface area contributed by atoms with Crippen molar-refractivity contribution in [2.24, 2.45) is 0 Å². The Balaban J connectivity index is 2.12. The smallest absolute Gasteiger partial charge is 0.252 e. The highest BCUT2D eigenvalue weighted by Gasteiger charge is 2.17. The number of rotatable bonds is 6. The van der Waals surface area contributed by atoms with Crippen molar-refractivity contribution in [3.8, 4) is 0 Å². The first-order valence-corrected chi connectivity index (χ1v) is 8.08. The van der Waals surface area contributed by atoms with Crippen molar-refractivity contribution in [1.82, 2.24) is 10.3 Å². The standard InChI is InChI=1S/C16H21N3OS/c1-4-14(16-18-8-9-21-16)19-15(20)13-7-6-12(17-5-2)10-11(13)3/h6-10,14,17H,4-5H2,1-3H3,(H,19,20). The van der Waals surface area contributed by atoms with Gasteiger partial charge in [0.25, 0.3) is 5.91 Å². The van der Waals surface area contributed by atoms with Crippen LogP contribution in [-0.4, -0.2) is 17.4 Å². The molecule has 1 unspecified atom stereocenters. The number of thiazole rings is 1. The van der Waals surface area contributed by atoms with Crippen molar-refractivity contribution < 1.29 is 4.79 Å². The van der Waals surface area contributed by atoms with E-state index in [1.54, 1.807) is 17.5 Å². The van der Waals surface area contributed by atoms with Crippen LogP contribution in [0, 0.1) is 6.92 Å². The molecule has 1 atom stereocenters. The Hall–Kier alpha value is -1.88. The van der Waals surface area contributed by atoms with Crippen LogP contribution in [-0.2, 0) is 0 Å². The molecule has 1 aromatic carbocycles. The second-order valence-corrected chi connectivity index (χ2v) is 5.79. The molecule has 0 bridgehead atoms. The third-order valence-electron chi connectivity index (χ3n) is 3.32. The summed E-state index contributed by atoms with van der Waals surface area (Å²) < 4.78 is 0. The summed E-state index contributed by atoms with van der Waals surface area (Å²) in [7, 11) is 0. The number of aryl methyl sites for hydroxylation is 1. The number of benzene rings is 1. The molecule has 0 saturated heterocycles. The topological polar surface area (TPSA) is 54.0 Å². The van der Waals surface area contributed by atoms with Crippen LogP contribution in [0.25, 0.3) is 0 Å². The average molecular weight is 303 g/mol. The van der Waals surface area contributed by atoms with Crippen molar-refractivity contribution in [2.45, 2.75) is 33.2 Å². The van der Waals surface area contributed by atoms with Crippen LogP contribution in [0.15, 0.2) is 29.8 Å². The monoisotopic (exact) mass is 303 g/mol. The van der Waals surface area contributed by atoms with E-state index in [4.69, 9.17) is 0 Å².